The van der Waals surface area contributed by atoms with Crippen LogP contribution >= 0.6 is 0 Å². The SMILES string of the molecule is OC(NC1=CCCCC1)N[C@@H]1C=C[C@H](C2C=CC(C3CC=CN3)NC2)CC1. The van der Waals surface area contributed by atoms with Crippen molar-refractivity contribution in [3.05, 3.63) is 48.4 Å². The number of aliphatic hydroxyl groups excluding tert-OH is 1. The molecule has 0 fully saturated rings. The lowest BCUT2D eigenvalue weighted by atomic mass is 9.81. The molecule has 148 valence electrons. The molecule has 4 aliphatic rings. The monoisotopic (exact) mass is 370 g/mol. The molecular formula is C22H34N4O. The Morgan fingerprint density at radius 3 is 2.67 bits per heavy atom. The predicted octanol–water partition coefficient (Wildman–Crippen LogP) is 2.25. The third-order valence-electron chi connectivity index (χ3n) is 6.34. The van der Waals surface area contributed by atoms with Gasteiger partial charge in [0.15, 0.2) is 6.35 Å². The lowest BCUT2D eigenvalue weighted by Crippen LogP contribution is -2.49. The summed E-state index contributed by atoms with van der Waals surface area (Å²) in [6.45, 7) is 1.05. The Morgan fingerprint density at radius 1 is 1.07 bits per heavy atom. The number of hydrogen-bond acceptors (Lipinski definition) is 5. The highest BCUT2D eigenvalue weighted by Crippen LogP contribution is 2.28. The summed E-state index contributed by atoms with van der Waals surface area (Å²) in [6.07, 6.45) is 23.2. The van der Waals surface area contributed by atoms with Gasteiger partial charge in [-0.1, -0.05) is 36.5 Å². The summed E-state index contributed by atoms with van der Waals surface area (Å²) >= 11 is 0. The average molecular weight is 371 g/mol. The molecule has 4 unspecified atom stereocenters. The van der Waals surface area contributed by atoms with Crippen molar-refractivity contribution in [2.75, 3.05) is 6.54 Å². The van der Waals surface area contributed by atoms with Crippen molar-refractivity contribution >= 4 is 0 Å². The Balaban J connectivity index is 1.22. The number of rotatable bonds is 6. The molecule has 5 N–H and O–H groups in total. The Bertz CT molecular complexity index is 603. The quantitative estimate of drug-likeness (QED) is 0.367. The Hall–Kier alpha value is -1.56. The van der Waals surface area contributed by atoms with Crippen LogP contribution in [0.25, 0.3) is 0 Å². The van der Waals surface area contributed by atoms with Gasteiger partial charge < -0.3 is 21.1 Å². The van der Waals surface area contributed by atoms with E-state index in [0.717, 1.165) is 38.6 Å². The smallest absolute Gasteiger partial charge is 0.181 e. The van der Waals surface area contributed by atoms with Crippen LogP contribution in [0.4, 0.5) is 0 Å². The second-order valence-electron chi connectivity index (χ2n) is 8.32. The molecule has 4 rings (SSSR count). The summed E-state index contributed by atoms with van der Waals surface area (Å²) in [6, 6.07) is 1.19. The molecule has 0 saturated heterocycles. The summed E-state index contributed by atoms with van der Waals surface area (Å²) < 4.78 is 0. The first kappa shape index (κ1) is 18.8. The standard InChI is InChI=1S/C22H34N4O/c27-22(25-18-5-2-1-3-6-18)26-19-11-8-16(9-12-19)17-10-13-21(24-15-17)20-7-4-14-23-20/h4-5,8,10-11,13-14,16-17,19-27H,1-3,6-7,9,12,15H2/t16-,17?,19+,20?,21?,22?/m0/s1. The van der Waals surface area contributed by atoms with Crippen LogP contribution in [-0.4, -0.2) is 36.1 Å². The van der Waals surface area contributed by atoms with Gasteiger partial charge in [0.05, 0.1) is 0 Å². The summed E-state index contributed by atoms with van der Waals surface area (Å²) in [5.74, 6) is 1.16. The van der Waals surface area contributed by atoms with E-state index in [9.17, 15) is 5.11 Å². The van der Waals surface area contributed by atoms with E-state index in [-0.39, 0.29) is 6.04 Å². The summed E-state index contributed by atoms with van der Waals surface area (Å²) in [4.78, 5) is 0. The Morgan fingerprint density at radius 2 is 2.00 bits per heavy atom. The van der Waals surface area contributed by atoms with Crippen LogP contribution in [0.15, 0.2) is 48.4 Å². The van der Waals surface area contributed by atoms with Gasteiger partial charge in [-0.15, -0.1) is 0 Å². The number of nitrogens with one attached hydrogen (secondary N) is 4. The molecule has 0 aromatic heterocycles. The molecule has 2 heterocycles. The largest absolute Gasteiger partial charge is 0.386 e. The minimum absolute atomic E-state index is 0.245. The maximum absolute atomic E-state index is 10.3. The second-order valence-corrected chi connectivity index (χ2v) is 8.32. The van der Waals surface area contributed by atoms with Gasteiger partial charge in [0.25, 0.3) is 0 Å². The van der Waals surface area contributed by atoms with Crippen molar-refractivity contribution in [1.82, 2.24) is 21.3 Å². The van der Waals surface area contributed by atoms with Crippen molar-refractivity contribution in [1.29, 1.82) is 0 Å². The van der Waals surface area contributed by atoms with E-state index in [1.807, 2.05) is 0 Å². The molecule has 5 nitrogen and oxygen atoms in total. The lowest BCUT2D eigenvalue weighted by Gasteiger charge is -2.34. The fraction of sp³-hybridized carbons (Fsp3) is 0.636. The lowest BCUT2D eigenvalue weighted by molar-refractivity contribution is 0.0993. The number of hydrogen-bond donors (Lipinski definition) is 5. The van der Waals surface area contributed by atoms with Gasteiger partial charge in [0, 0.05) is 30.4 Å². The van der Waals surface area contributed by atoms with Crippen molar-refractivity contribution in [2.24, 2.45) is 11.8 Å². The van der Waals surface area contributed by atoms with Gasteiger partial charge in [-0.3, -0.25) is 5.32 Å². The van der Waals surface area contributed by atoms with Crippen molar-refractivity contribution in [2.45, 2.75) is 69.4 Å². The third kappa shape index (κ3) is 5.03. The van der Waals surface area contributed by atoms with Gasteiger partial charge in [-0.05, 0) is 63.0 Å². The normalized spacial score (nSPS) is 36.9. The first-order valence-electron chi connectivity index (χ1n) is 10.7. The van der Waals surface area contributed by atoms with Crippen LogP contribution in [0.1, 0.15) is 44.9 Å². The van der Waals surface area contributed by atoms with E-state index in [4.69, 9.17) is 0 Å². The van der Waals surface area contributed by atoms with Crippen LogP contribution in [0, 0.1) is 11.8 Å². The molecule has 0 radical (unpaired) electrons. The molecule has 2 aliphatic carbocycles. The summed E-state index contributed by atoms with van der Waals surface area (Å²) in [7, 11) is 0. The van der Waals surface area contributed by atoms with Crippen LogP contribution < -0.4 is 21.3 Å². The predicted molar refractivity (Wildman–Crippen MR) is 110 cm³/mol. The number of aliphatic hydroxyl groups is 1. The highest BCUT2D eigenvalue weighted by molar-refractivity contribution is 5.15. The van der Waals surface area contributed by atoms with Crippen molar-refractivity contribution in [3.8, 4) is 0 Å². The van der Waals surface area contributed by atoms with Crippen LogP contribution in [-0.2, 0) is 0 Å². The van der Waals surface area contributed by atoms with Crippen molar-refractivity contribution < 1.29 is 5.11 Å². The second kappa shape index (κ2) is 9.09. The molecule has 27 heavy (non-hydrogen) atoms. The van der Waals surface area contributed by atoms with Gasteiger partial charge in [0.2, 0.25) is 0 Å². The average Bonchev–Trinajstić information content (AvgIpc) is 3.24. The fourth-order valence-corrected chi connectivity index (χ4v) is 4.69. The number of allylic oxidation sites excluding steroid dienone is 3. The zero-order valence-corrected chi connectivity index (χ0v) is 16.1. The minimum atomic E-state index is -0.662. The molecule has 0 spiro atoms. The van der Waals surface area contributed by atoms with E-state index in [1.54, 1.807) is 0 Å². The zero-order valence-electron chi connectivity index (χ0n) is 16.1. The van der Waals surface area contributed by atoms with Gasteiger partial charge in [-0.25, -0.2) is 0 Å². The molecular weight excluding hydrogens is 336 g/mol. The maximum Gasteiger partial charge on any atom is 0.181 e. The van der Waals surface area contributed by atoms with E-state index in [1.165, 1.54) is 18.5 Å². The van der Waals surface area contributed by atoms with E-state index >= 15 is 0 Å². The highest BCUT2D eigenvalue weighted by atomic mass is 16.3. The first-order valence-corrected chi connectivity index (χ1v) is 10.7. The molecule has 5 heteroatoms. The van der Waals surface area contributed by atoms with E-state index in [0.29, 0.717) is 23.9 Å². The molecule has 6 atom stereocenters. The molecule has 0 aromatic carbocycles. The van der Waals surface area contributed by atoms with Gasteiger partial charge >= 0.3 is 0 Å². The van der Waals surface area contributed by atoms with Gasteiger partial charge in [-0.2, -0.15) is 0 Å². The first-order chi connectivity index (χ1) is 13.3. The van der Waals surface area contributed by atoms with Crippen LogP contribution in [0.3, 0.4) is 0 Å². The molecule has 0 saturated carbocycles. The third-order valence-corrected chi connectivity index (χ3v) is 6.34. The van der Waals surface area contributed by atoms with E-state index < -0.39 is 6.35 Å². The minimum Gasteiger partial charge on any atom is -0.386 e. The topological polar surface area (TPSA) is 68.3 Å². The molecule has 0 bridgehead atoms. The Labute approximate surface area is 163 Å². The maximum atomic E-state index is 10.3. The van der Waals surface area contributed by atoms with Crippen LogP contribution in [0.5, 0.6) is 0 Å². The Kier molecular flexibility index (Phi) is 6.32. The fourth-order valence-electron chi connectivity index (χ4n) is 4.69. The summed E-state index contributed by atoms with van der Waals surface area (Å²) in [5.41, 5.74) is 1.18. The van der Waals surface area contributed by atoms with Crippen LogP contribution in [0.2, 0.25) is 0 Å². The van der Waals surface area contributed by atoms with Gasteiger partial charge in [0.1, 0.15) is 0 Å². The summed E-state index contributed by atoms with van der Waals surface area (Å²) in [5, 5.41) is 23.9. The molecule has 0 amide bonds. The zero-order chi connectivity index (χ0) is 18.5. The van der Waals surface area contributed by atoms with E-state index in [2.05, 4.69) is 63.9 Å². The van der Waals surface area contributed by atoms with Crippen molar-refractivity contribution in [3.63, 3.8) is 0 Å². The highest BCUT2D eigenvalue weighted by Gasteiger charge is 2.28. The molecule has 0 aromatic rings. The molecule has 2 aliphatic heterocycles.